The molecule has 0 saturated heterocycles. The molecule has 21 heavy (non-hydrogen) atoms. The van der Waals surface area contributed by atoms with Gasteiger partial charge in [0.05, 0.1) is 28.4 Å². The Morgan fingerprint density at radius 1 is 1.29 bits per heavy atom. The van der Waals surface area contributed by atoms with Crippen molar-refractivity contribution in [3.05, 3.63) is 58.4 Å². The zero-order valence-electron chi connectivity index (χ0n) is 11.9. The van der Waals surface area contributed by atoms with E-state index in [1.165, 1.54) is 5.56 Å². The van der Waals surface area contributed by atoms with Gasteiger partial charge >= 0.3 is 0 Å². The van der Waals surface area contributed by atoms with Crippen molar-refractivity contribution in [2.45, 2.75) is 31.7 Å². The molecule has 0 saturated carbocycles. The van der Waals surface area contributed by atoms with Crippen molar-refractivity contribution in [3.8, 4) is 0 Å². The smallest absolute Gasteiger partial charge is 0.253 e. The predicted molar refractivity (Wildman–Crippen MR) is 81.5 cm³/mol. The quantitative estimate of drug-likeness (QED) is 0.868. The maximum Gasteiger partial charge on any atom is 0.253 e. The number of fused-ring (bicyclic) bond motifs is 1. The zero-order valence-corrected chi connectivity index (χ0v) is 12.7. The molecule has 1 amide bonds. The summed E-state index contributed by atoms with van der Waals surface area (Å²) >= 11 is 6.40. The highest BCUT2D eigenvalue weighted by atomic mass is 35.5. The van der Waals surface area contributed by atoms with Crippen LogP contribution in [-0.4, -0.2) is 21.5 Å². The third-order valence-corrected chi connectivity index (χ3v) is 4.21. The Kier molecular flexibility index (Phi) is 3.64. The SMILES string of the molecule is Cc1cc(C(=O)NC2c3ccccc3CC2Cl)c(C)nn1. The first-order valence-corrected chi connectivity index (χ1v) is 7.33. The van der Waals surface area contributed by atoms with Gasteiger partial charge in [0.1, 0.15) is 0 Å². The van der Waals surface area contributed by atoms with Gasteiger partial charge in [-0.05, 0) is 37.5 Å². The first-order chi connectivity index (χ1) is 10.1. The van der Waals surface area contributed by atoms with Crippen LogP contribution in [0.4, 0.5) is 0 Å². The number of aryl methyl sites for hydroxylation is 2. The molecule has 1 heterocycles. The van der Waals surface area contributed by atoms with Gasteiger partial charge in [-0.1, -0.05) is 24.3 Å². The Labute approximate surface area is 128 Å². The number of hydrogen-bond acceptors (Lipinski definition) is 3. The number of nitrogens with one attached hydrogen (secondary N) is 1. The minimum Gasteiger partial charge on any atom is -0.344 e. The summed E-state index contributed by atoms with van der Waals surface area (Å²) in [5.74, 6) is -0.155. The van der Waals surface area contributed by atoms with Crippen LogP contribution in [0, 0.1) is 13.8 Å². The highest BCUT2D eigenvalue weighted by molar-refractivity contribution is 6.21. The summed E-state index contributed by atoms with van der Waals surface area (Å²) in [6.45, 7) is 3.60. The van der Waals surface area contributed by atoms with Crippen molar-refractivity contribution in [2.75, 3.05) is 0 Å². The summed E-state index contributed by atoms with van der Waals surface area (Å²) in [6.07, 6.45) is 0.773. The van der Waals surface area contributed by atoms with Crippen LogP contribution in [0.25, 0.3) is 0 Å². The first-order valence-electron chi connectivity index (χ1n) is 6.90. The average Bonchev–Trinajstić information content (AvgIpc) is 2.78. The normalized spacial score (nSPS) is 20.1. The average molecular weight is 302 g/mol. The number of rotatable bonds is 2. The van der Waals surface area contributed by atoms with E-state index in [4.69, 9.17) is 11.6 Å². The van der Waals surface area contributed by atoms with Gasteiger partial charge in [0.25, 0.3) is 5.91 Å². The van der Waals surface area contributed by atoms with E-state index >= 15 is 0 Å². The van der Waals surface area contributed by atoms with Crippen molar-refractivity contribution in [2.24, 2.45) is 0 Å². The number of halogens is 1. The standard InChI is InChI=1S/C16H16ClN3O/c1-9-7-13(10(2)20-19-9)16(21)18-15-12-6-4-3-5-11(12)8-14(15)17/h3-7,14-15H,8H2,1-2H3,(H,18,21). The lowest BCUT2D eigenvalue weighted by atomic mass is 10.1. The van der Waals surface area contributed by atoms with Crippen LogP contribution in [0.15, 0.2) is 30.3 Å². The molecule has 2 unspecified atom stereocenters. The van der Waals surface area contributed by atoms with Gasteiger partial charge in [-0.3, -0.25) is 4.79 Å². The number of amides is 1. The van der Waals surface area contributed by atoms with Crippen molar-refractivity contribution >= 4 is 17.5 Å². The second-order valence-electron chi connectivity index (χ2n) is 5.35. The summed E-state index contributed by atoms with van der Waals surface area (Å²) in [5.41, 5.74) is 4.19. The molecule has 1 aromatic heterocycles. The van der Waals surface area contributed by atoms with E-state index in [1.807, 2.05) is 25.1 Å². The van der Waals surface area contributed by atoms with Crippen LogP contribution in [0.5, 0.6) is 0 Å². The zero-order chi connectivity index (χ0) is 15.0. The van der Waals surface area contributed by atoms with E-state index in [9.17, 15) is 4.79 Å². The highest BCUT2D eigenvalue weighted by Gasteiger charge is 2.32. The topological polar surface area (TPSA) is 54.9 Å². The maximum absolute atomic E-state index is 12.5. The summed E-state index contributed by atoms with van der Waals surface area (Å²) in [5, 5.41) is 10.9. The molecule has 1 aromatic carbocycles. The molecule has 4 nitrogen and oxygen atoms in total. The van der Waals surface area contributed by atoms with E-state index in [2.05, 4.69) is 21.6 Å². The molecular formula is C16H16ClN3O. The molecule has 0 bridgehead atoms. The lowest BCUT2D eigenvalue weighted by Gasteiger charge is -2.18. The van der Waals surface area contributed by atoms with Crippen LogP contribution in [0.3, 0.4) is 0 Å². The van der Waals surface area contributed by atoms with Gasteiger partial charge in [0.15, 0.2) is 0 Å². The Hall–Kier alpha value is -1.94. The van der Waals surface area contributed by atoms with E-state index in [1.54, 1.807) is 13.0 Å². The van der Waals surface area contributed by atoms with Gasteiger partial charge in [-0.2, -0.15) is 10.2 Å². The maximum atomic E-state index is 12.5. The molecule has 0 fully saturated rings. The fourth-order valence-corrected chi connectivity index (χ4v) is 3.08. The molecule has 1 aliphatic carbocycles. The van der Waals surface area contributed by atoms with Crippen molar-refractivity contribution in [3.63, 3.8) is 0 Å². The number of carbonyl (C=O) groups excluding carboxylic acids is 1. The Morgan fingerprint density at radius 3 is 2.86 bits per heavy atom. The van der Waals surface area contributed by atoms with Crippen LogP contribution in [0.1, 0.15) is 38.9 Å². The van der Waals surface area contributed by atoms with E-state index < -0.39 is 0 Å². The molecule has 108 valence electrons. The number of hydrogen-bond donors (Lipinski definition) is 1. The summed E-state index contributed by atoms with van der Waals surface area (Å²) in [4.78, 5) is 12.5. The van der Waals surface area contributed by atoms with Gasteiger partial charge in [-0.15, -0.1) is 11.6 Å². The summed E-state index contributed by atoms with van der Waals surface area (Å²) < 4.78 is 0. The fraction of sp³-hybridized carbons (Fsp3) is 0.312. The molecule has 5 heteroatoms. The second kappa shape index (κ2) is 5.45. The Balaban J connectivity index is 1.87. The van der Waals surface area contributed by atoms with Crippen molar-refractivity contribution in [1.82, 2.24) is 15.5 Å². The number of benzene rings is 1. The predicted octanol–water partition coefficient (Wildman–Crippen LogP) is 2.73. The van der Waals surface area contributed by atoms with Gasteiger partial charge in [-0.25, -0.2) is 0 Å². The number of alkyl halides is 1. The molecule has 0 aliphatic heterocycles. The first kappa shape index (κ1) is 14.0. The summed E-state index contributed by atoms with van der Waals surface area (Å²) in [7, 11) is 0. The minimum absolute atomic E-state index is 0.123. The molecule has 2 aromatic rings. The molecule has 3 rings (SSSR count). The largest absolute Gasteiger partial charge is 0.344 e. The number of carbonyl (C=O) groups is 1. The molecular weight excluding hydrogens is 286 g/mol. The Bertz CT molecular complexity index is 702. The molecule has 2 atom stereocenters. The fourth-order valence-electron chi connectivity index (χ4n) is 2.71. The van der Waals surface area contributed by atoms with E-state index in [-0.39, 0.29) is 17.3 Å². The molecule has 1 aliphatic rings. The van der Waals surface area contributed by atoms with Crippen molar-refractivity contribution in [1.29, 1.82) is 0 Å². The third kappa shape index (κ3) is 2.63. The Morgan fingerprint density at radius 2 is 2.05 bits per heavy atom. The molecule has 1 N–H and O–H groups in total. The summed E-state index contributed by atoms with van der Waals surface area (Å²) in [6, 6.07) is 9.62. The number of nitrogens with zero attached hydrogens (tertiary/aromatic N) is 2. The second-order valence-corrected chi connectivity index (χ2v) is 5.92. The molecule has 0 spiro atoms. The highest BCUT2D eigenvalue weighted by Crippen LogP contribution is 2.34. The van der Waals surface area contributed by atoms with Crippen LogP contribution in [0.2, 0.25) is 0 Å². The van der Waals surface area contributed by atoms with Crippen LogP contribution < -0.4 is 5.32 Å². The molecule has 0 radical (unpaired) electrons. The monoisotopic (exact) mass is 301 g/mol. The third-order valence-electron chi connectivity index (χ3n) is 3.80. The van der Waals surface area contributed by atoms with E-state index in [0.717, 1.165) is 17.7 Å². The van der Waals surface area contributed by atoms with Gasteiger partial charge in [0, 0.05) is 0 Å². The van der Waals surface area contributed by atoms with Crippen LogP contribution in [-0.2, 0) is 6.42 Å². The van der Waals surface area contributed by atoms with Crippen LogP contribution >= 0.6 is 11.6 Å². The number of aromatic nitrogens is 2. The van der Waals surface area contributed by atoms with E-state index in [0.29, 0.717) is 11.3 Å². The minimum atomic E-state index is -0.164. The van der Waals surface area contributed by atoms with Gasteiger partial charge < -0.3 is 5.32 Å². The van der Waals surface area contributed by atoms with Gasteiger partial charge in [0.2, 0.25) is 0 Å². The van der Waals surface area contributed by atoms with Crippen molar-refractivity contribution < 1.29 is 4.79 Å². The lowest BCUT2D eigenvalue weighted by molar-refractivity contribution is 0.0936. The lowest BCUT2D eigenvalue weighted by Crippen LogP contribution is -2.32.